The van der Waals surface area contributed by atoms with E-state index in [-0.39, 0.29) is 12.0 Å². The maximum Gasteiger partial charge on any atom is 0.322 e. The monoisotopic (exact) mass is 239 g/mol. The summed E-state index contributed by atoms with van der Waals surface area (Å²) in [7, 11) is 1.48. The van der Waals surface area contributed by atoms with Gasteiger partial charge in [0.05, 0.1) is 13.7 Å². The Morgan fingerprint density at radius 1 is 1.35 bits per heavy atom. The third-order valence-electron chi connectivity index (χ3n) is 2.39. The van der Waals surface area contributed by atoms with Gasteiger partial charge in [-0.15, -0.1) is 0 Å². The van der Waals surface area contributed by atoms with Crippen LogP contribution in [0.25, 0.3) is 0 Å². The van der Waals surface area contributed by atoms with Crippen molar-refractivity contribution < 1.29 is 9.47 Å². The summed E-state index contributed by atoms with van der Waals surface area (Å²) in [5.41, 5.74) is 5.50. The Bertz CT molecular complexity index is 370. The van der Waals surface area contributed by atoms with Crippen LogP contribution in [0.4, 0.5) is 11.9 Å². The van der Waals surface area contributed by atoms with Gasteiger partial charge in [-0.3, -0.25) is 0 Å². The van der Waals surface area contributed by atoms with E-state index in [0.717, 1.165) is 12.5 Å². The van der Waals surface area contributed by atoms with Crippen LogP contribution in [0.5, 0.6) is 6.01 Å². The lowest BCUT2D eigenvalue weighted by Crippen LogP contribution is -2.14. The lowest BCUT2D eigenvalue weighted by molar-refractivity contribution is 0.133. The molecule has 1 saturated carbocycles. The lowest BCUT2D eigenvalue weighted by Gasteiger charge is -2.06. The van der Waals surface area contributed by atoms with Crippen LogP contribution in [0.2, 0.25) is 0 Å². The number of nitrogens with one attached hydrogen (secondary N) is 1. The number of nitrogens with two attached hydrogens (primary N) is 1. The van der Waals surface area contributed by atoms with Crippen LogP contribution in [-0.4, -0.2) is 41.8 Å². The van der Waals surface area contributed by atoms with Crippen molar-refractivity contribution in [2.24, 2.45) is 5.92 Å². The molecule has 0 spiro atoms. The molecule has 0 amide bonds. The molecule has 1 aliphatic carbocycles. The van der Waals surface area contributed by atoms with Gasteiger partial charge in [-0.2, -0.15) is 15.0 Å². The van der Waals surface area contributed by atoms with Crippen LogP contribution in [0, 0.1) is 5.92 Å². The molecule has 0 atom stereocenters. The van der Waals surface area contributed by atoms with Gasteiger partial charge in [-0.1, -0.05) is 0 Å². The minimum Gasteiger partial charge on any atom is -0.467 e. The summed E-state index contributed by atoms with van der Waals surface area (Å²) in [6.45, 7) is 2.12. The van der Waals surface area contributed by atoms with Crippen molar-refractivity contribution in [3.63, 3.8) is 0 Å². The number of aromatic nitrogens is 3. The predicted octanol–water partition coefficient (Wildman–Crippen LogP) is 0.301. The van der Waals surface area contributed by atoms with Crippen molar-refractivity contribution in [2.45, 2.75) is 12.8 Å². The number of nitrogens with zero attached hydrogens (tertiary/aromatic N) is 3. The highest BCUT2D eigenvalue weighted by Crippen LogP contribution is 2.28. The number of ether oxygens (including phenoxy) is 2. The minimum absolute atomic E-state index is 0.137. The van der Waals surface area contributed by atoms with Crippen molar-refractivity contribution in [3.05, 3.63) is 0 Å². The second-order valence-electron chi connectivity index (χ2n) is 3.95. The van der Waals surface area contributed by atoms with Crippen molar-refractivity contribution >= 4 is 11.9 Å². The molecule has 17 heavy (non-hydrogen) atoms. The molecule has 3 N–H and O–H groups in total. The summed E-state index contributed by atoms with van der Waals surface area (Å²) < 4.78 is 10.4. The molecule has 1 heterocycles. The van der Waals surface area contributed by atoms with Crippen LogP contribution in [-0.2, 0) is 4.74 Å². The van der Waals surface area contributed by atoms with Crippen LogP contribution >= 0.6 is 0 Å². The summed E-state index contributed by atoms with van der Waals surface area (Å²) in [4.78, 5) is 11.7. The average Bonchev–Trinajstić information content (AvgIpc) is 3.12. The van der Waals surface area contributed by atoms with E-state index in [1.807, 2.05) is 0 Å². The first-order valence-electron chi connectivity index (χ1n) is 5.65. The maximum absolute atomic E-state index is 5.50. The van der Waals surface area contributed by atoms with E-state index in [9.17, 15) is 0 Å². The molecule has 0 radical (unpaired) electrons. The molecule has 1 fully saturated rings. The standard InChI is InChI=1S/C10H17N5O2/c1-16-10-14-8(11)13-9(15-10)12-4-5-17-6-7-2-3-7/h7H,2-6H2,1H3,(H3,11,12,13,14,15). The highest BCUT2D eigenvalue weighted by molar-refractivity contribution is 5.32. The molecule has 0 aromatic carbocycles. The third kappa shape index (κ3) is 4.03. The van der Waals surface area contributed by atoms with Gasteiger partial charge in [0.25, 0.3) is 0 Å². The summed E-state index contributed by atoms with van der Waals surface area (Å²) in [6, 6.07) is 0.207. The number of rotatable bonds is 7. The number of methoxy groups -OCH3 is 1. The van der Waals surface area contributed by atoms with Gasteiger partial charge in [0.2, 0.25) is 11.9 Å². The van der Waals surface area contributed by atoms with Gasteiger partial charge >= 0.3 is 6.01 Å². The smallest absolute Gasteiger partial charge is 0.322 e. The van der Waals surface area contributed by atoms with Crippen molar-refractivity contribution in [2.75, 3.05) is 37.9 Å². The van der Waals surface area contributed by atoms with Gasteiger partial charge in [0.1, 0.15) is 0 Å². The molecule has 1 aliphatic rings. The summed E-state index contributed by atoms with van der Waals surface area (Å²) in [5.74, 6) is 1.32. The van der Waals surface area contributed by atoms with Crippen LogP contribution in [0.3, 0.4) is 0 Å². The number of hydrogen-bond acceptors (Lipinski definition) is 7. The SMILES string of the molecule is COc1nc(N)nc(NCCOCC2CC2)n1. The molecule has 0 aliphatic heterocycles. The largest absolute Gasteiger partial charge is 0.467 e. The minimum atomic E-state index is 0.137. The lowest BCUT2D eigenvalue weighted by atomic mass is 10.5. The quantitative estimate of drug-likeness (QED) is 0.661. The van der Waals surface area contributed by atoms with Gasteiger partial charge in [0, 0.05) is 13.2 Å². The van der Waals surface area contributed by atoms with Gasteiger partial charge in [0.15, 0.2) is 0 Å². The van der Waals surface area contributed by atoms with Crippen LogP contribution in [0.1, 0.15) is 12.8 Å². The number of anilines is 2. The van der Waals surface area contributed by atoms with Gasteiger partial charge in [-0.25, -0.2) is 0 Å². The normalized spacial score (nSPS) is 14.6. The van der Waals surface area contributed by atoms with Crippen molar-refractivity contribution in [3.8, 4) is 6.01 Å². The fourth-order valence-corrected chi connectivity index (χ4v) is 1.31. The van der Waals surface area contributed by atoms with E-state index < -0.39 is 0 Å². The van der Waals surface area contributed by atoms with E-state index in [0.29, 0.717) is 19.1 Å². The zero-order chi connectivity index (χ0) is 12.1. The molecule has 0 saturated heterocycles. The van der Waals surface area contributed by atoms with E-state index in [4.69, 9.17) is 15.2 Å². The zero-order valence-corrected chi connectivity index (χ0v) is 9.85. The molecular formula is C10H17N5O2. The molecular weight excluding hydrogens is 222 g/mol. The molecule has 1 aromatic rings. The Labute approximate surface area is 99.8 Å². The Balaban J connectivity index is 1.71. The molecule has 0 bridgehead atoms. The number of nitrogen functional groups attached to an aromatic ring is 1. The third-order valence-corrected chi connectivity index (χ3v) is 2.39. The average molecular weight is 239 g/mol. The summed E-state index contributed by atoms with van der Waals surface area (Å²) in [5, 5.41) is 3.01. The van der Waals surface area contributed by atoms with Crippen LogP contribution in [0.15, 0.2) is 0 Å². The molecule has 7 heteroatoms. The summed E-state index contributed by atoms with van der Waals surface area (Å²) >= 11 is 0. The first kappa shape index (κ1) is 11.8. The van der Waals surface area contributed by atoms with E-state index in [1.54, 1.807) is 0 Å². The zero-order valence-electron chi connectivity index (χ0n) is 9.85. The second-order valence-corrected chi connectivity index (χ2v) is 3.95. The fraction of sp³-hybridized carbons (Fsp3) is 0.700. The van der Waals surface area contributed by atoms with Gasteiger partial charge in [-0.05, 0) is 18.8 Å². The van der Waals surface area contributed by atoms with E-state index >= 15 is 0 Å². The van der Waals surface area contributed by atoms with Crippen molar-refractivity contribution in [1.82, 2.24) is 15.0 Å². The Morgan fingerprint density at radius 3 is 2.88 bits per heavy atom. The van der Waals surface area contributed by atoms with Gasteiger partial charge < -0.3 is 20.5 Å². The Kier molecular flexibility index (Phi) is 3.92. The molecule has 2 rings (SSSR count). The Morgan fingerprint density at radius 2 is 2.18 bits per heavy atom. The molecule has 1 aromatic heterocycles. The molecule has 7 nitrogen and oxygen atoms in total. The first-order chi connectivity index (χ1) is 8.28. The first-order valence-corrected chi connectivity index (χ1v) is 5.65. The number of hydrogen-bond donors (Lipinski definition) is 2. The predicted molar refractivity (Wildman–Crippen MR) is 62.8 cm³/mol. The van der Waals surface area contributed by atoms with Crippen molar-refractivity contribution in [1.29, 1.82) is 0 Å². The van der Waals surface area contributed by atoms with E-state index in [1.165, 1.54) is 20.0 Å². The van der Waals surface area contributed by atoms with Crippen LogP contribution < -0.4 is 15.8 Å². The highest BCUT2D eigenvalue weighted by Gasteiger charge is 2.20. The maximum atomic E-state index is 5.50. The second kappa shape index (κ2) is 5.62. The highest BCUT2D eigenvalue weighted by atomic mass is 16.5. The molecule has 94 valence electrons. The topological polar surface area (TPSA) is 95.2 Å². The molecule has 0 unspecified atom stereocenters. The van der Waals surface area contributed by atoms with E-state index in [2.05, 4.69) is 20.3 Å². The summed E-state index contributed by atoms with van der Waals surface area (Å²) in [6.07, 6.45) is 2.60. The Hall–Kier alpha value is -1.63. The fourth-order valence-electron chi connectivity index (χ4n) is 1.31.